The van der Waals surface area contributed by atoms with Gasteiger partial charge in [-0.15, -0.1) is 0 Å². The van der Waals surface area contributed by atoms with E-state index in [0.29, 0.717) is 11.7 Å². The van der Waals surface area contributed by atoms with Crippen LogP contribution in [0, 0.1) is 0 Å². The van der Waals surface area contributed by atoms with Crippen molar-refractivity contribution in [3.8, 4) is 5.75 Å². The van der Waals surface area contributed by atoms with Gasteiger partial charge in [0.05, 0.1) is 0 Å². The third-order valence-electron chi connectivity index (χ3n) is 5.51. The number of fused-ring (bicyclic) bond motifs is 1. The first-order valence-corrected chi connectivity index (χ1v) is 10.5. The molecule has 5 heteroatoms. The summed E-state index contributed by atoms with van der Waals surface area (Å²) >= 11 is 0. The van der Waals surface area contributed by atoms with Crippen molar-refractivity contribution < 1.29 is 19.5 Å². The Labute approximate surface area is 181 Å². The lowest BCUT2D eigenvalue weighted by molar-refractivity contribution is -0.139. The maximum Gasteiger partial charge on any atom is 0.341 e. The molecule has 3 aromatic rings. The Morgan fingerprint density at radius 1 is 1.03 bits per heavy atom. The van der Waals surface area contributed by atoms with Crippen molar-refractivity contribution in [2.45, 2.75) is 31.3 Å². The summed E-state index contributed by atoms with van der Waals surface area (Å²) in [6.07, 6.45) is 4.38. The zero-order valence-electron chi connectivity index (χ0n) is 17.2. The zero-order chi connectivity index (χ0) is 21.5. The minimum Gasteiger partial charge on any atom is -0.482 e. The lowest BCUT2D eigenvalue weighted by atomic mass is 9.98. The van der Waals surface area contributed by atoms with E-state index in [4.69, 9.17) is 14.7 Å². The van der Waals surface area contributed by atoms with Gasteiger partial charge in [-0.05, 0) is 59.6 Å². The summed E-state index contributed by atoms with van der Waals surface area (Å²) in [6, 6.07) is 26.0. The maximum atomic E-state index is 10.7. The number of rotatable bonds is 9. The molecule has 0 bridgehead atoms. The summed E-state index contributed by atoms with van der Waals surface area (Å²) in [5.41, 5.74) is 4.61. The molecule has 0 saturated heterocycles. The van der Waals surface area contributed by atoms with Crippen LogP contribution in [0.4, 0.5) is 0 Å². The van der Waals surface area contributed by atoms with Gasteiger partial charge in [0.15, 0.2) is 12.7 Å². The fourth-order valence-corrected chi connectivity index (χ4v) is 4.01. The van der Waals surface area contributed by atoms with E-state index in [0.717, 1.165) is 30.4 Å². The highest BCUT2D eigenvalue weighted by atomic mass is 16.6. The first-order chi connectivity index (χ1) is 15.2. The van der Waals surface area contributed by atoms with Crippen molar-refractivity contribution >= 4 is 12.2 Å². The third kappa shape index (κ3) is 5.31. The Morgan fingerprint density at radius 2 is 1.71 bits per heavy atom. The van der Waals surface area contributed by atoms with E-state index in [2.05, 4.69) is 5.16 Å². The van der Waals surface area contributed by atoms with Crippen LogP contribution in [0.3, 0.4) is 0 Å². The Kier molecular flexibility index (Phi) is 6.62. The van der Waals surface area contributed by atoms with Crippen LogP contribution in [0.15, 0.2) is 84.0 Å². The van der Waals surface area contributed by atoms with Crippen molar-refractivity contribution in [1.29, 1.82) is 0 Å². The Morgan fingerprint density at radius 3 is 2.35 bits per heavy atom. The summed E-state index contributed by atoms with van der Waals surface area (Å²) in [7, 11) is 0. The average Bonchev–Trinajstić information content (AvgIpc) is 3.21. The molecule has 0 saturated carbocycles. The van der Waals surface area contributed by atoms with E-state index < -0.39 is 5.97 Å². The molecule has 5 nitrogen and oxygen atoms in total. The molecule has 1 aliphatic carbocycles. The summed E-state index contributed by atoms with van der Waals surface area (Å²) in [4.78, 5) is 16.6. The minimum absolute atomic E-state index is 0.247. The van der Waals surface area contributed by atoms with Crippen LogP contribution in [0.5, 0.6) is 5.75 Å². The van der Waals surface area contributed by atoms with E-state index in [1.807, 2.05) is 85.1 Å². The number of nitrogens with zero attached hydrogens (tertiary/aromatic N) is 1. The quantitative estimate of drug-likeness (QED) is 0.377. The van der Waals surface area contributed by atoms with Crippen molar-refractivity contribution in [1.82, 2.24) is 0 Å². The van der Waals surface area contributed by atoms with Gasteiger partial charge in [0.25, 0.3) is 0 Å². The van der Waals surface area contributed by atoms with Gasteiger partial charge in [0.1, 0.15) is 5.75 Å². The summed E-state index contributed by atoms with van der Waals surface area (Å²) in [5, 5.41) is 13.1. The van der Waals surface area contributed by atoms with Crippen LogP contribution in [0.2, 0.25) is 0 Å². The first kappa shape index (κ1) is 20.7. The maximum absolute atomic E-state index is 10.7. The number of hydrogen-bond acceptors (Lipinski definition) is 4. The molecule has 1 aliphatic rings. The number of aliphatic carboxylic acids is 1. The number of carboxylic acids is 1. The number of hydrogen-bond donors (Lipinski definition) is 1. The van der Waals surface area contributed by atoms with Gasteiger partial charge < -0.3 is 14.7 Å². The summed E-state index contributed by atoms with van der Waals surface area (Å²) in [6.45, 7) is -0.323. The molecule has 4 rings (SSSR count). The summed E-state index contributed by atoms with van der Waals surface area (Å²) < 4.78 is 5.29. The molecule has 0 fully saturated rings. The molecule has 0 aromatic heterocycles. The Hall–Kier alpha value is -3.60. The van der Waals surface area contributed by atoms with Gasteiger partial charge in [-0.25, -0.2) is 4.79 Å². The number of carboxylic acid groups (broad SMARTS) is 1. The van der Waals surface area contributed by atoms with E-state index >= 15 is 0 Å². The van der Waals surface area contributed by atoms with Gasteiger partial charge in [0, 0.05) is 6.21 Å². The predicted molar refractivity (Wildman–Crippen MR) is 120 cm³/mol. The molecule has 1 unspecified atom stereocenters. The van der Waals surface area contributed by atoms with Gasteiger partial charge in [-0.2, -0.15) is 0 Å². The van der Waals surface area contributed by atoms with Gasteiger partial charge in [-0.3, -0.25) is 0 Å². The number of oxime groups is 1. The molecule has 0 amide bonds. The highest BCUT2D eigenvalue weighted by Gasteiger charge is 2.22. The fourth-order valence-electron chi connectivity index (χ4n) is 4.01. The molecular weight excluding hydrogens is 390 g/mol. The second kappa shape index (κ2) is 9.94. The smallest absolute Gasteiger partial charge is 0.341 e. The molecule has 158 valence electrons. The largest absolute Gasteiger partial charge is 0.482 e. The van der Waals surface area contributed by atoms with Crippen LogP contribution in [-0.2, 0) is 16.1 Å². The minimum atomic E-state index is -0.973. The van der Waals surface area contributed by atoms with E-state index in [1.165, 1.54) is 11.1 Å². The normalized spacial score (nSPS) is 15.2. The van der Waals surface area contributed by atoms with Gasteiger partial charge in [0.2, 0.25) is 0 Å². The highest BCUT2D eigenvalue weighted by Crippen LogP contribution is 2.37. The number of benzene rings is 3. The molecule has 31 heavy (non-hydrogen) atoms. The summed E-state index contributed by atoms with van der Waals surface area (Å²) in [5.74, 6) is 0.00837. The van der Waals surface area contributed by atoms with Crippen LogP contribution >= 0.6 is 0 Å². The lowest BCUT2D eigenvalue weighted by Gasteiger charge is -2.16. The lowest BCUT2D eigenvalue weighted by Crippen LogP contribution is -2.09. The second-order valence-electron chi connectivity index (χ2n) is 7.61. The fraction of sp³-hybridized carbons (Fsp3) is 0.231. The van der Waals surface area contributed by atoms with Crippen LogP contribution in [0.1, 0.15) is 47.1 Å². The van der Waals surface area contributed by atoms with E-state index in [-0.39, 0.29) is 12.7 Å². The molecule has 3 aromatic carbocycles. The molecule has 0 heterocycles. The molecule has 1 atom stereocenters. The second-order valence-corrected chi connectivity index (χ2v) is 7.61. The molecule has 1 N–H and O–H groups in total. The third-order valence-corrected chi connectivity index (χ3v) is 5.51. The van der Waals surface area contributed by atoms with Crippen molar-refractivity contribution in [3.05, 3.63) is 101 Å². The van der Waals surface area contributed by atoms with Gasteiger partial charge >= 0.3 is 5.97 Å². The first-order valence-electron chi connectivity index (χ1n) is 10.5. The average molecular weight is 415 g/mol. The van der Waals surface area contributed by atoms with Crippen LogP contribution < -0.4 is 4.74 Å². The highest BCUT2D eigenvalue weighted by molar-refractivity contribution is 5.68. The monoisotopic (exact) mass is 415 g/mol. The van der Waals surface area contributed by atoms with E-state index in [9.17, 15) is 4.79 Å². The molecule has 0 spiro atoms. The Balaban J connectivity index is 1.39. The van der Waals surface area contributed by atoms with Crippen molar-refractivity contribution in [3.63, 3.8) is 0 Å². The number of ether oxygens (including phenoxy) is 1. The van der Waals surface area contributed by atoms with Gasteiger partial charge in [-0.1, -0.05) is 71.9 Å². The molecule has 0 radical (unpaired) electrons. The predicted octanol–water partition coefficient (Wildman–Crippen LogP) is 5.36. The zero-order valence-corrected chi connectivity index (χ0v) is 17.2. The van der Waals surface area contributed by atoms with E-state index in [1.54, 1.807) is 0 Å². The van der Waals surface area contributed by atoms with Crippen LogP contribution in [-0.4, -0.2) is 23.9 Å². The molecular formula is C26H25NO4. The SMILES string of the molecule is O=C(O)COc1ccc2c(c1)CCC2C/C=N\OC(c1ccccc1)c1ccccc1. The Bertz CT molecular complexity index is 994. The standard InChI is InChI=1S/C26H25NO4/c28-25(29)18-30-23-13-14-24-19(11-12-22(24)17-23)15-16-27-31-26(20-7-3-1-4-8-20)21-9-5-2-6-10-21/h1-10,13-14,16-17,19,26H,11-12,15,18H2,(H,28,29)/b27-16-. The van der Waals surface area contributed by atoms with Crippen molar-refractivity contribution in [2.75, 3.05) is 6.61 Å². The molecule has 0 aliphatic heterocycles. The number of carbonyl (C=O) groups is 1. The van der Waals surface area contributed by atoms with Crippen LogP contribution in [0.25, 0.3) is 0 Å². The topological polar surface area (TPSA) is 68.1 Å². The number of aryl methyl sites for hydroxylation is 1. The van der Waals surface area contributed by atoms with Crippen molar-refractivity contribution in [2.24, 2.45) is 5.16 Å².